The van der Waals surface area contributed by atoms with Gasteiger partial charge < -0.3 is 0 Å². The maximum atomic E-state index is 11.3. The van der Waals surface area contributed by atoms with Crippen molar-refractivity contribution in [3.05, 3.63) is 11.6 Å². The first-order valence-corrected chi connectivity index (χ1v) is 11.3. The van der Waals surface area contributed by atoms with Crippen LogP contribution in [0.2, 0.25) is 0 Å². The summed E-state index contributed by atoms with van der Waals surface area (Å²) in [4.78, 5) is 0. The summed E-state index contributed by atoms with van der Waals surface area (Å²) in [6, 6.07) is 0. The molecule has 0 heterocycles. The normalized spacial score (nSPS) is 48.4. The van der Waals surface area contributed by atoms with E-state index in [1.165, 1.54) is 24.8 Å². The van der Waals surface area contributed by atoms with Gasteiger partial charge in [-0.15, -0.1) is 0 Å². The van der Waals surface area contributed by atoms with Crippen LogP contribution in [0.5, 0.6) is 0 Å². The van der Waals surface area contributed by atoms with Crippen molar-refractivity contribution in [2.24, 2.45) is 28.6 Å². The summed E-state index contributed by atoms with van der Waals surface area (Å²) in [6.07, 6.45) is 9.98. The Hall–Kier alpha value is 0.178. The molecule has 1 N–H and O–H groups in total. The van der Waals surface area contributed by atoms with Crippen LogP contribution in [0.15, 0.2) is 11.6 Å². The summed E-state index contributed by atoms with van der Waals surface area (Å²) in [7, 11) is 3.49. The number of fused-ring (bicyclic) bond motifs is 5. The molecular formula is C21H32O3W. The first-order chi connectivity index (χ1) is 11.8. The van der Waals surface area contributed by atoms with Crippen LogP contribution < -0.4 is 0 Å². The van der Waals surface area contributed by atoms with Crippen molar-refractivity contribution in [2.75, 3.05) is 14.2 Å². The number of aliphatic hydroxyl groups excluding tert-OH is 1. The first-order valence-electron chi connectivity index (χ1n) is 9.83. The Morgan fingerprint density at radius 3 is 2.48 bits per heavy atom. The van der Waals surface area contributed by atoms with Crippen LogP contribution in [0, 0.1) is 28.6 Å². The summed E-state index contributed by atoms with van der Waals surface area (Å²) in [5, 5.41) is 11.3. The summed E-state index contributed by atoms with van der Waals surface area (Å²) >= 11 is 1.65. The fraction of sp³-hybridized carbons (Fsp3) is 0.857. The zero-order chi connectivity index (χ0) is 18.0. The van der Waals surface area contributed by atoms with Crippen molar-refractivity contribution in [1.82, 2.24) is 0 Å². The van der Waals surface area contributed by atoms with Gasteiger partial charge in [-0.1, -0.05) is 0 Å². The monoisotopic (exact) mass is 516 g/mol. The molecule has 0 amide bonds. The van der Waals surface area contributed by atoms with E-state index in [0.717, 1.165) is 31.6 Å². The summed E-state index contributed by atoms with van der Waals surface area (Å²) in [5.41, 5.74) is 1.87. The molecule has 3 saturated carbocycles. The third kappa shape index (κ3) is 2.49. The van der Waals surface area contributed by atoms with Gasteiger partial charge in [0.15, 0.2) is 0 Å². The van der Waals surface area contributed by atoms with Crippen LogP contribution >= 0.6 is 0 Å². The van der Waals surface area contributed by atoms with Crippen molar-refractivity contribution in [2.45, 2.75) is 70.7 Å². The standard InChI is InChI=1S/C21H32O3.W/c1-19-9-5-6-16(19)15-8-7-14-12-21(23-3,24-4)11-10-20(14,2)18(15)17(22)13-19;/h12,15-18,22H,5-8,10-11,13H2,1-4H3;. The molecule has 4 rings (SSSR count). The van der Waals surface area contributed by atoms with Gasteiger partial charge in [0.2, 0.25) is 0 Å². The molecule has 0 aliphatic heterocycles. The molecule has 25 heavy (non-hydrogen) atoms. The zero-order valence-corrected chi connectivity index (χ0v) is 18.9. The molecule has 0 aromatic carbocycles. The van der Waals surface area contributed by atoms with Crippen molar-refractivity contribution in [1.29, 1.82) is 0 Å². The van der Waals surface area contributed by atoms with E-state index in [4.69, 9.17) is 9.47 Å². The van der Waals surface area contributed by atoms with Gasteiger partial charge >= 0.3 is 163 Å². The first kappa shape index (κ1) is 18.5. The van der Waals surface area contributed by atoms with Crippen molar-refractivity contribution >= 4 is 3.90 Å². The van der Waals surface area contributed by atoms with Gasteiger partial charge in [0.05, 0.1) is 0 Å². The summed E-state index contributed by atoms with van der Waals surface area (Å²) in [5.74, 6) is 1.29. The van der Waals surface area contributed by atoms with Crippen LogP contribution in [0.3, 0.4) is 0 Å². The molecule has 3 nitrogen and oxygen atoms in total. The maximum absolute atomic E-state index is 11.3. The second-order valence-electron chi connectivity index (χ2n) is 9.29. The minimum atomic E-state index is -0.559. The predicted octanol–water partition coefficient (Wildman–Crippen LogP) is 3.63. The van der Waals surface area contributed by atoms with Crippen LogP contribution in [0.4, 0.5) is 0 Å². The quantitative estimate of drug-likeness (QED) is 0.451. The minimum absolute atomic E-state index is 0.105. The average molecular weight is 516 g/mol. The van der Waals surface area contributed by atoms with E-state index >= 15 is 0 Å². The van der Waals surface area contributed by atoms with Crippen molar-refractivity contribution in [3.8, 4) is 0 Å². The third-order valence-electron chi connectivity index (χ3n) is 8.46. The van der Waals surface area contributed by atoms with E-state index in [2.05, 4.69) is 19.9 Å². The van der Waals surface area contributed by atoms with E-state index in [9.17, 15) is 5.11 Å². The number of aliphatic hydroxyl groups is 1. The second kappa shape index (κ2) is 6.09. The summed E-state index contributed by atoms with van der Waals surface area (Å²) < 4.78 is 13.2. The molecule has 0 saturated heterocycles. The molecule has 6 unspecified atom stereocenters. The Balaban J connectivity index is 1.72. The summed E-state index contributed by atoms with van der Waals surface area (Å²) in [6.45, 7) is 4.86. The van der Waals surface area contributed by atoms with E-state index in [1.54, 1.807) is 37.5 Å². The van der Waals surface area contributed by atoms with Gasteiger partial charge in [0.1, 0.15) is 0 Å². The Morgan fingerprint density at radius 1 is 1.08 bits per heavy atom. The van der Waals surface area contributed by atoms with Gasteiger partial charge in [-0.3, -0.25) is 0 Å². The third-order valence-corrected chi connectivity index (χ3v) is 10.9. The van der Waals surface area contributed by atoms with Crippen LogP contribution in [-0.4, -0.2) is 35.1 Å². The van der Waals surface area contributed by atoms with Gasteiger partial charge in [0.25, 0.3) is 0 Å². The predicted molar refractivity (Wildman–Crippen MR) is 94.8 cm³/mol. The molecule has 4 aliphatic carbocycles. The fourth-order valence-corrected chi connectivity index (χ4v) is 8.25. The molecule has 140 valence electrons. The molecule has 0 bridgehead atoms. The number of allylic oxidation sites excluding steroid dienone is 1. The number of hydrogen-bond donors (Lipinski definition) is 1. The number of methoxy groups -OCH3 is 2. The van der Waals surface area contributed by atoms with E-state index in [0.29, 0.717) is 17.3 Å². The molecule has 0 aromatic heterocycles. The van der Waals surface area contributed by atoms with Crippen LogP contribution in [0.25, 0.3) is 0 Å². The molecule has 0 spiro atoms. The fourth-order valence-electron chi connectivity index (χ4n) is 6.99. The van der Waals surface area contributed by atoms with Crippen molar-refractivity contribution in [3.63, 3.8) is 0 Å². The molecule has 3 fully saturated rings. The number of ether oxygens (including phenoxy) is 2. The molecule has 0 aromatic rings. The Labute approximate surface area is 162 Å². The van der Waals surface area contributed by atoms with Crippen LogP contribution in [0.1, 0.15) is 58.8 Å². The van der Waals surface area contributed by atoms with Gasteiger partial charge in [-0.25, -0.2) is 0 Å². The Morgan fingerprint density at radius 2 is 1.80 bits per heavy atom. The molecule has 4 aliphatic rings. The van der Waals surface area contributed by atoms with E-state index in [1.807, 2.05) is 0 Å². The second-order valence-corrected chi connectivity index (χ2v) is 11.1. The van der Waals surface area contributed by atoms with Gasteiger partial charge in [-0.2, -0.15) is 0 Å². The van der Waals surface area contributed by atoms with E-state index in [-0.39, 0.29) is 11.5 Å². The number of rotatable bonds is 2. The van der Waals surface area contributed by atoms with Gasteiger partial charge in [0, 0.05) is 0 Å². The molecule has 0 radical (unpaired) electrons. The Kier molecular flexibility index (Phi) is 4.52. The number of hydrogen-bond acceptors (Lipinski definition) is 3. The molecule has 4 heteroatoms. The zero-order valence-electron chi connectivity index (χ0n) is 16.0. The van der Waals surface area contributed by atoms with E-state index < -0.39 is 5.79 Å². The topological polar surface area (TPSA) is 38.7 Å². The van der Waals surface area contributed by atoms with Gasteiger partial charge in [-0.05, 0) is 0 Å². The molecule has 6 atom stereocenters. The molecular weight excluding hydrogens is 484 g/mol. The SMILES string of the molecule is COC1(OC)C=C2CCC3C4CC[C](=[W])C4(C)CC(O)C3C2(C)CC1. The average Bonchev–Trinajstić information content (AvgIpc) is 2.89. The Bertz CT molecular complexity index is 610. The van der Waals surface area contributed by atoms with Crippen LogP contribution in [-0.2, 0) is 28.8 Å². The van der Waals surface area contributed by atoms with Crippen molar-refractivity contribution < 1.29 is 33.9 Å².